The molecule has 1 aliphatic heterocycles. The number of nitrogens with one attached hydrogen (secondary N) is 1. The summed E-state index contributed by atoms with van der Waals surface area (Å²) in [7, 11) is 1.89. The van der Waals surface area contributed by atoms with Gasteiger partial charge in [0.1, 0.15) is 0 Å². The Hall–Kier alpha value is -0.220. The number of hydrogen-bond donors (Lipinski definition) is 1. The molecule has 0 radical (unpaired) electrons. The Morgan fingerprint density at radius 2 is 2.20 bits per heavy atom. The molecule has 0 aromatic heterocycles. The second-order valence-electron chi connectivity index (χ2n) is 4.64. The molecule has 2 fully saturated rings. The molecule has 1 N–H and O–H groups in total. The molecule has 0 spiro atoms. The van der Waals surface area contributed by atoms with Gasteiger partial charge < -0.3 is 10.2 Å². The van der Waals surface area contributed by atoms with Crippen molar-refractivity contribution in [2.24, 2.45) is 0 Å². The van der Waals surface area contributed by atoms with Gasteiger partial charge in [-0.2, -0.15) is 11.8 Å². The number of nitrogens with zero attached hydrogens (tertiary/aromatic N) is 1. The summed E-state index contributed by atoms with van der Waals surface area (Å²) >= 11 is 1.96. The Morgan fingerprint density at radius 3 is 2.73 bits per heavy atom. The van der Waals surface area contributed by atoms with Crippen LogP contribution in [-0.4, -0.2) is 48.0 Å². The van der Waals surface area contributed by atoms with Crippen molar-refractivity contribution in [1.82, 2.24) is 10.2 Å². The highest BCUT2D eigenvalue weighted by Gasteiger charge is 2.33. The fourth-order valence-electron chi connectivity index (χ4n) is 2.57. The SMILES string of the molecule is CSC1CCC(NC2CCN(C)C2=O)C1. The van der Waals surface area contributed by atoms with Crippen molar-refractivity contribution < 1.29 is 4.79 Å². The fourth-order valence-corrected chi connectivity index (χ4v) is 3.36. The number of thioether (sulfide) groups is 1. The largest absolute Gasteiger partial charge is 0.344 e. The summed E-state index contributed by atoms with van der Waals surface area (Å²) in [6.45, 7) is 0.912. The molecule has 0 aromatic carbocycles. The Kier molecular flexibility index (Phi) is 3.57. The van der Waals surface area contributed by atoms with Crippen molar-refractivity contribution in [3.63, 3.8) is 0 Å². The van der Waals surface area contributed by atoms with Crippen LogP contribution < -0.4 is 5.32 Å². The van der Waals surface area contributed by atoms with Crippen LogP contribution in [0.2, 0.25) is 0 Å². The van der Waals surface area contributed by atoms with E-state index in [0.717, 1.165) is 18.2 Å². The maximum absolute atomic E-state index is 11.7. The first-order chi connectivity index (χ1) is 7.20. The van der Waals surface area contributed by atoms with Crippen LogP contribution in [0.15, 0.2) is 0 Å². The maximum Gasteiger partial charge on any atom is 0.239 e. The first-order valence-corrected chi connectivity index (χ1v) is 7.03. The van der Waals surface area contributed by atoms with E-state index in [0.29, 0.717) is 6.04 Å². The molecule has 15 heavy (non-hydrogen) atoms. The van der Waals surface area contributed by atoms with Crippen molar-refractivity contribution in [3.05, 3.63) is 0 Å². The van der Waals surface area contributed by atoms with Crippen LogP contribution in [0.25, 0.3) is 0 Å². The lowest BCUT2D eigenvalue weighted by Crippen LogP contribution is -2.42. The number of hydrogen-bond acceptors (Lipinski definition) is 3. The Morgan fingerprint density at radius 1 is 1.40 bits per heavy atom. The van der Waals surface area contributed by atoms with E-state index in [1.807, 2.05) is 23.7 Å². The number of carbonyl (C=O) groups is 1. The first-order valence-electron chi connectivity index (χ1n) is 5.74. The summed E-state index contributed by atoms with van der Waals surface area (Å²) in [6.07, 6.45) is 6.93. The third-order valence-electron chi connectivity index (χ3n) is 3.58. The van der Waals surface area contributed by atoms with Crippen LogP contribution in [0, 0.1) is 0 Å². The van der Waals surface area contributed by atoms with Crippen LogP contribution in [0.3, 0.4) is 0 Å². The van der Waals surface area contributed by atoms with Gasteiger partial charge >= 0.3 is 0 Å². The molecule has 3 atom stereocenters. The third-order valence-corrected chi connectivity index (χ3v) is 4.68. The smallest absolute Gasteiger partial charge is 0.239 e. The third kappa shape index (κ3) is 2.48. The predicted molar refractivity (Wildman–Crippen MR) is 64.1 cm³/mol. The molecule has 0 aromatic rings. The molecule has 4 heteroatoms. The summed E-state index contributed by atoms with van der Waals surface area (Å²) < 4.78 is 0. The highest BCUT2D eigenvalue weighted by atomic mass is 32.2. The van der Waals surface area contributed by atoms with E-state index in [1.165, 1.54) is 19.3 Å². The minimum atomic E-state index is 0.0978. The number of rotatable bonds is 3. The number of likely N-dealkylation sites (tertiary alicyclic amines) is 1. The van der Waals surface area contributed by atoms with Gasteiger partial charge in [0.05, 0.1) is 6.04 Å². The molecule has 86 valence electrons. The van der Waals surface area contributed by atoms with Crippen molar-refractivity contribution in [3.8, 4) is 0 Å². The van der Waals surface area contributed by atoms with E-state index >= 15 is 0 Å². The molecule has 1 heterocycles. The van der Waals surface area contributed by atoms with Gasteiger partial charge in [-0.1, -0.05) is 0 Å². The molecule has 1 amide bonds. The van der Waals surface area contributed by atoms with Crippen LogP contribution in [0.5, 0.6) is 0 Å². The van der Waals surface area contributed by atoms with E-state index in [2.05, 4.69) is 11.6 Å². The van der Waals surface area contributed by atoms with Crippen LogP contribution in [0.1, 0.15) is 25.7 Å². The van der Waals surface area contributed by atoms with E-state index in [-0.39, 0.29) is 11.9 Å². The second-order valence-corrected chi connectivity index (χ2v) is 5.77. The van der Waals surface area contributed by atoms with Gasteiger partial charge in [0.25, 0.3) is 0 Å². The second kappa shape index (κ2) is 4.74. The van der Waals surface area contributed by atoms with Crippen LogP contribution >= 0.6 is 11.8 Å². The first kappa shape index (κ1) is 11.3. The molecule has 3 unspecified atom stereocenters. The summed E-state index contributed by atoms with van der Waals surface area (Å²) in [6, 6.07) is 0.670. The van der Waals surface area contributed by atoms with Crippen molar-refractivity contribution in [1.29, 1.82) is 0 Å². The zero-order chi connectivity index (χ0) is 10.8. The van der Waals surface area contributed by atoms with Gasteiger partial charge in [-0.25, -0.2) is 0 Å². The highest BCUT2D eigenvalue weighted by molar-refractivity contribution is 7.99. The Balaban J connectivity index is 1.81. The molecule has 0 bridgehead atoms. The van der Waals surface area contributed by atoms with Crippen LogP contribution in [0.4, 0.5) is 0 Å². The van der Waals surface area contributed by atoms with Crippen molar-refractivity contribution >= 4 is 17.7 Å². The standard InChI is InChI=1S/C11H20N2OS/c1-13-6-5-10(11(13)14)12-8-3-4-9(7-8)15-2/h8-10,12H,3-7H2,1-2H3. The molecule has 1 saturated carbocycles. The molecule has 3 nitrogen and oxygen atoms in total. The maximum atomic E-state index is 11.7. The predicted octanol–water partition coefficient (Wildman–Crippen LogP) is 1.09. The normalized spacial score (nSPS) is 36.5. The minimum Gasteiger partial charge on any atom is -0.344 e. The Bertz CT molecular complexity index is 247. The zero-order valence-electron chi connectivity index (χ0n) is 9.53. The lowest BCUT2D eigenvalue weighted by molar-refractivity contribution is -0.128. The Labute approximate surface area is 96.0 Å². The quantitative estimate of drug-likeness (QED) is 0.785. The average Bonchev–Trinajstić information content (AvgIpc) is 2.80. The van der Waals surface area contributed by atoms with Gasteiger partial charge in [-0.05, 0) is 31.9 Å². The average molecular weight is 228 g/mol. The lowest BCUT2D eigenvalue weighted by atomic mass is 10.2. The summed E-state index contributed by atoms with van der Waals surface area (Å²) in [5, 5.41) is 4.32. The summed E-state index contributed by atoms with van der Waals surface area (Å²) in [5.41, 5.74) is 0. The van der Waals surface area contributed by atoms with Gasteiger partial charge in [-0.15, -0.1) is 0 Å². The number of likely N-dealkylation sites (N-methyl/N-ethyl adjacent to an activating group) is 1. The number of carbonyl (C=O) groups excluding carboxylic acids is 1. The topological polar surface area (TPSA) is 32.3 Å². The molecule has 2 aliphatic rings. The molecule has 1 aliphatic carbocycles. The summed E-state index contributed by atoms with van der Waals surface area (Å²) in [5.74, 6) is 0.280. The van der Waals surface area contributed by atoms with Crippen LogP contribution in [-0.2, 0) is 4.79 Å². The van der Waals surface area contributed by atoms with Gasteiger partial charge in [0, 0.05) is 24.9 Å². The highest BCUT2D eigenvalue weighted by Crippen LogP contribution is 2.29. The van der Waals surface area contributed by atoms with Gasteiger partial charge in [0.2, 0.25) is 5.91 Å². The van der Waals surface area contributed by atoms with Crippen molar-refractivity contribution in [2.75, 3.05) is 19.8 Å². The lowest BCUT2D eigenvalue weighted by Gasteiger charge is -2.17. The monoisotopic (exact) mass is 228 g/mol. The van der Waals surface area contributed by atoms with Crippen molar-refractivity contribution in [2.45, 2.75) is 43.0 Å². The molecular weight excluding hydrogens is 208 g/mol. The molecule has 1 saturated heterocycles. The fraction of sp³-hybridized carbons (Fsp3) is 0.909. The van der Waals surface area contributed by atoms with E-state index in [9.17, 15) is 4.79 Å². The zero-order valence-corrected chi connectivity index (χ0v) is 10.3. The summed E-state index contributed by atoms with van der Waals surface area (Å²) in [4.78, 5) is 13.5. The van der Waals surface area contributed by atoms with Gasteiger partial charge in [-0.3, -0.25) is 4.79 Å². The van der Waals surface area contributed by atoms with E-state index in [1.54, 1.807) is 0 Å². The number of amides is 1. The molecule has 2 rings (SSSR count). The van der Waals surface area contributed by atoms with Gasteiger partial charge in [0.15, 0.2) is 0 Å². The minimum absolute atomic E-state index is 0.0978. The van der Waals surface area contributed by atoms with E-state index < -0.39 is 0 Å². The molecular formula is C11H20N2OS. The van der Waals surface area contributed by atoms with E-state index in [4.69, 9.17) is 0 Å².